The van der Waals surface area contributed by atoms with Crippen molar-refractivity contribution >= 4 is 34.1 Å². The highest BCUT2D eigenvalue weighted by Gasteiger charge is 2.30. The molecule has 0 aliphatic heterocycles. The van der Waals surface area contributed by atoms with Crippen molar-refractivity contribution in [3.8, 4) is 0 Å². The molecule has 0 spiro atoms. The summed E-state index contributed by atoms with van der Waals surface area (Å²) in [5.74, 6) is -1.06. The Morgan fingerprint density at radius 1 is 1.17 bits per heavy atom. The van der Waals surface area contributed by atoms with Gasteiger partial charge in [0, 0.05) is 25.4 Å². The summed E-state index contributed by atoms with van der Waals surface area (Å²) < 4.78 is 5.53. The number of ether oxygens (including phenoxy) is 1. The first-order valence-electron chi connectivity index (χ1n) is 9.78. The van der Waals surface area contributed by atoms with Crippen LogP contribution in [0, 0.1) is 0 Å². The van der Waals surface area contributed by atoms with Gasteiger partial charge < -0.3 is 15.0 Å². The van der Waals surface area contributed by atoms with Crippen LogP contribution in [-0.2, 0) is 33.7 Å². The monoisotopic (exact) mass is 414 g/mol. The second-order valence-corrected chi connectivity index (χ2v) is 8.43. The van der Waals surface area contributed by atoms with Crippen LogP contribution in [0.1, 0.15) is 53.1 Å². The molecule has 0 fully saturated rings. The molecule has 29 heavy (non-hydrogen) atoms. The maximum atomic E-state index is 12.9. The number of nitrogens with one attached hydrogen (secondary N) is 1. The van der Waals surface area contributed by atoms with Crippen LogP contribution in [0.4, 0.5) is 5.00 Å². The SMILES string of the molecule is CC(=O)Nc1sc2c(c1C(=O)O[C@H](C)C(=O)N(C)Cc1ccccc1)CCCC2. The first-order valence-corrected chi connectivity index (χ1v) is 10.6. The molecule has 154 valence electrons. The highest BCUT2D eigenvalue weighted by Crippen LogP contribution is 2.38. The standard InChI is InChI=1S/C22H26N2O4S/c1-14(21(26)24(3)13-16-9-5-4-6-10-16)28-22(27)19-17-11-7-8-12-18(17)29-20(19)23-15(2)25/h4-6,9-10,14H,7-8,11-13H2,1-3H3,(H,23,25)/t14-/m1/s1. The van der Waals surface area contributed by atoms with Crippen LogP contribution >= 0.6 is 11.3 Å². The molecule has 1 aromatic carbocycles. The Hall–Kier alpha value is -2.67. The van der Waals surface area contributed by atoms with Gasteiger partial charge in [0.2, 0.25) is 5.91 Å². The predicted molar refractivity (Wildman–Crippen MR) is 113 cm³/mol. The molecule has 1 aromatic heterocycles. The molecule has 1 N–H and O–H groups in total. The van der Waals surface area contributed by atoms with Gasteiger partial charge in [-0.3, -0.25) is 9.59 Å². The fourth-order valence-electron chi connectivity index (χ4n) is 3.55. The molecule has 2 aromatic rings. The Kier molecular flexibility index (Phi) is 6.69. The van der Waals surface area contributed by atoms with E-state index in [1.165, 1.54) is 18.3 Å². The number of rotatable bonds is 6. The van der Waals surface area contributed by atoms with Crippen LogP contribution in [0.5, 0.6) is 0 Å². The minimum Gasteiger partial charge on any atom is -0.449 e. The molecule has 0 radical (unpaired) electrons. The van der Waals surface area contributed by atoms with Gasteiger partial charge in [-0.1, -0.05) is 30.3 Å². The number of nitrogens with zero attached hydrogens (tertiary/aromatic N) is 1. The minimum atomic E-state index is -0.916. The van der Waals surface area contributed by atoms with Gasteiger partial charge in [-0.15, -0.1) is 11.3 Å². The molecular formula is C22H26N2O4S. The number of aryl methyl sites for hydroxylation is 1. The van der Waals surface area contributed by atoms with Crippen molar-refractivity contribution in [3.63, 3.8) is 0 Å². The van der Waals surface area contributed by atoms with E-state index in [-0.39, 0.29) is 11.8 Å². The van der Waals surface area contributed by atoms with Crippen molar-refractivity contribution in [3.05, 3.63) is 51.9 Å². The number of hydrogen-bond acceptors (Lipinski definition) is 5. The third kappa shape index (κ3) is 5.03. The summed E-state index contributed by atoms with van der Waals surface area (Å²) in [4.78, 5) is 39.9. The van der Waals surface area contributed by atoms with Gasteiger partial charge in [-0.25, -0.2) is 4.79 Å². The molecule has 1 atom stereocenters. The summed E-state index contributed by atoms with van der Waals surface area (Å²) >= 11 is 1.43. The van der Waals surface area contributed by atoms with E-state index in [1.54, 1.807) is 18.9 Å². The number of benzene rings is 1. The number of amides is 2. The van der Waals surface area contributed by atoms with Crippen LogP contribution < -0.4 is 5.32 Å². The molecule has 3 rings (SSSR count). The predicted octanol–water partition coefficient (Wildman–Crippen LogP) is 3.79. The van der Waals surface area contributed by atoms with Gasteiger partial charge in [-0.05, 0) is 43.7 Å². The van der Waals surface area contributed by atoms with E-state index in [9.17, 15) is 14.4 Å². The van der Waals surface area contributed by atoms with E-state index < -0.39 is 12.1 Å². The van der Waals surface area contributed by atoms with Crippen LogP contribution in [-0.4, -0.2) is 35.8 Å². The molecule has 2 amide bonds. The third-order valence-electron chi connectivity index (χ3n) is 4.94. The Bertz CT molecular complexity index is 907. The van der Waals surface area contributed by atoms with Crippen LogP contribution in [0.2, 0.25) is 0 Å². The van der Waals surface area contributed by atoms with Gasteiger partial charge >= 0.3 is 5.97 Å². The largest absolute Gasteiger partial charge is 0.449 e. The van der Waals surface area contributed by atoms with Crippen molar-refractivity contribution in [2.75, 3.05) is 12.4 Å². The highest BCUT2D eigenvalue weighted by atomic mass is 32.1. The van der Waals surface area contributed by atoms with E-state index in [2.05, 4.69) is 5.32 Å². The Morgan fingerprint density at radius 2 is 1.86 bits per heavy atom. The fourth-order valence-corrected chi connectivity index (χ4v) is 4.87. The second-order valence-electron chi connectivity index (χ2n) is 7.32. The lowest BCUT2D eigenvalue weighted by atomic mass is 9.95. The summed E-state index contributed by atoms with van der Waals surface area (Å²) in [5.41, 5.74) is 2.36. The lowest BCUT2D eigenvalue weighted by molar-refractivity contribution is -0.139. The lowest BCUT2D eigenvalue weighted by Gasteiger charge is -2.22. The quantitative estimate of drug-likeness (QED) is 0.730. The minimum absolute atomic E-state index is 0.232. The van der Waals surface area contributed by atoms with Gasteiger partial charge in [0.05, 0.1) is 5.56 Å². The third-order valence-corrected chi connectivity index (χ3v) is 6.14. The van der Waals surface area contributed by atoms with E-state index in [4.69, 9.17) is 4.74 Å². The summed E-state index contributed by atoms with van der Waals surface area (Å²) in [6.07, 6.45) is 2.83. The zero-order chi connectivity index (χ0) is 21.0. The molecule has 1 aliphatic carbocycles. The molecule has 0 saturated heterocycles. The van der Waals surface area contributed by atoms with Gasteiger partial charge in [0.25, 0.3) is 5.91 Å². The number of anilines is 1. The first kappa shape index (κ1) is 21.0. The fraction of sp³-hybridized carbons (Fsp3) is 0.409. The van der Waals surface area contributed by atoms with Gasteiger partial charge in [0.1, 0.15) is 5.00 Å². The average molecular weight is 415 g/mol. The molecule has 1 aliphatic rings. The van der Waals surface area contributed by atoms with E-state index in [1.807, 2.05) is 30.3 Å². The van der Waals surface area contributed by atoms with Crippen molar-refractivity contribution in [2.45, 2.75) is 52.2 Å². The number of fused-ring (bicyclic) bond motifs is 1. The van der Waals surface area contributed by atoms with Crippen molar-refractivity contribution in [1.29, 1.82) is 0 Å². The Balaban J connectivity index is 1.73. The molecule has 0 saturated carbocycles. The number of likely N-dealkylation sites (N-methyl/N-ethyl adjacent to an activating group) is 1. The number of carbonyl (C=O) groups is 3. The van der Waals surface area contributed by atoms with Gasteiger partial charge in [-0.2, -0.15) is 0 Å². The molecule has 0 bridgehead atoms. The maximum absolute atomic E-state index is 12.9. The van der Waals surface area contributed by atoms with Crippen molar-refractivity contribution in [1.82, 2.24) is 4.90 Å². The molecular weight excluding hydrogens is 388 g/mol. The number of carbonyl (C=O) groups excluding carboxylic acids is 3. The van der Waals surface area contributed by atoms with E-state index in [0.29, 0.717) is 17.1 Å². The van der Waals surface area contributed by atoms with E-state index >= 15 is 0 Å². The summed E-state index contributed by atoms with van der Waals surface area (Å²) in [5, 5.41) is 3.27. The first-order chi connectivity index (χ1) is 13.9. The second kappa shape index (κ2) is 9.22. The van der Waals surface area contributed by atoms with Crippen LogP contribution in [0.3, 0.4) is 0 Å². The Labute approximate surface area is 174 Å². The number of thiophene rings is 1. The topological polar surface area (TPSA) is 75.7 Å². The molecule has 6 nitrogen and oxygen atoms in total. The van der Waals surface area contributed by atoms with Crippen LogP contribution in [0.15, 0.2) is 30.3 Å². The molecule has 0 unspecified atom stereocenters. The van der Waals surface area contributed by atoms with Crippen molar-refractivity contribution < 1.29 is 19.1 Å². The molecule has 1 heterocycles. The van der Waals surface area contributed by atoms with Crippen molar-refractivity contribution in [2.24, 2.45) is 0 Å². The summed E-state index contributed by atoms with van der Waals surface area (Å²) in [6, 6.07) is 9.64. The lowest BCUT2D eigenvalue weighted by Crippen LogP contribution is -2.37. The highest BCUT2D eigenvalue weighted by molar-refractivity contribution is 7.17. The number of esters is 1. The molecule has 7 heteroatoms. The summed E-state index contributed by atoms with van der Waals surface area (Å²) in [7, 11) is 1.69. The Morgan fingerprint density at radius 3 is 2.55 bits per heavy atom. The summed E-state index contributed by atoms with van der Waals surface area (Å²) in [6.45, 7) is 3.43. The van der Waals surface area contributed by atoms with E-state index in [0.717, 1.165) is 41.7 Å². The zero-order valence-electron chi connectivity index (χ0n) is 17.0. The smallest absolute Gasteiger partial charge is 0.342 e. The van der Waals surface area contributed by atoms with Crippen LogP contribution in [0.25, 0.3) is 0 Å². The number of hydrogen-bond donors (Lipinski definition) is 1. The van der Waals surface area contributed by atoms with Gasteiger partial charge in [0.15, 0.2) is 6.10 Å². The average Bonchev–Trinajstić information content (AvgIpc) is 3.05. The zero-order valence-corrected chi connectivity index (χ0v) is 17.8. The maximum Gasteiger partial charge on any atom is 0.342 e. The normalized spacial score (nSPS) is 13.9.